The van der Waals surface area contributed by atoms with Gasteiger partial charge in [-0.1, -0.05) is 12.1 Å². The fourth-order valence-electron chi connectivity index (χ4n) is 1.74. The summed E-state index contributed by atoms with van der Waals surface area (Å²) < 4.78 is 0. The number of rotatable bonds is 3. The Morgan fingerprint density at radius 3 is 2.32 bits per heavy atom. The molecule has 8 heteroatoms. The molecular weight excluding hydrogens is 310 g/mol. The van der Waals surface area contributed by atoms with Crippen molar-refractivity contribution in [1.82, 2.24) is 5.43 Å². The summed E-state index contributed by atoms with van der Waals surface area (Å²) in [7, 11) is 0. The molecule has 7 nitrogen and oxygen atoms in total. The van der Waals surface area contributed by atoms with Crippen molar-refractivity contribution in [2.24, 2.45) is 10.8 Å². The van der Waals surface area contributed by atoms with E-state index in [9.17, 15) is 20.1 Å². The molecule has 0 aliphatic carbocycles. The van der Waals surface area contributed by atoms with Crippen LogP contribution in [0.3, 0.4) is 0 Å². The number of phenolic OH excluding ortho intramolecular Hbond substituents is 3. The third-order valence-electron chi connectivity index (χ3n) is 2.70. The molecule has 2 amide bonds. The number of halogens is 1. The highest BCUT2D eigenvalue weighted by molar-refractivity contribution is 5.88. The Morgan fingerprint density at radius 1 is 1.09 bits per heavy atom. The zero-order valence-electron chi connectivity index (χ0n) is 11.2. The van der Waals surface area contributed by atoms with E-state index in [0.29, 0.717) is 11.1 Å². The second-order valence-electron chi connectivity index (χ2n) is 4.21. The molecule has 0 atom stereocenters. The van der Waals surface area contributed by atoms with E-state index in [4.69, 9.17) is 5.73 Å². The normalized spacial score (nSPS) is 10.2. The summed E-state index contributed by atoms with van der Waals surface area (Å²) in [5.41, 5.74) is 8.23. The molecule has 22 heavy (non-hydrogen) atoms. The van der Waals surface area contributed by atoms with Gasteiger partial charge in [0.1, 0.15) is 17.2 Å². The number of hydrogen-bond acceptors (Lipinski definition) is 5. The van der Waals surface area contributed by atoms with Gasteiger partial charge in [0.2, 0.25) is 0 Å². The standard InChI is InChI=1S/C14H13N3O4.ClH/c15-14(21)17-16-7-9-5-11(13(20)6-12(9)19)8-1-3-10(18)4-2-8;/h1-7,18-20H,(H3,15,17,21);1H. The molecule has 0 saturated carbocycles. The van der Waals surface area contributed by atoms with Crippen LogP contribution in [0, 0.1) is 0 Å². The maximum atomic E-state index is 10.5. The highest BCUT2D eigenvalue weighted by Gasteiger charge is 2.09. The summed E-state index contributed by atoms with van der Waals surface area (Å²) in [6.07, 6.45) is 1.20. The van der Waals surface area contributed by atoms with Crippen LogP contribution < -0.4 is 11.2 Å². The van der Waals surface area contributed by atoms with E-state index in [0.717, 1.165) is 6.07 Å². The summed E-state index contributed by atoms with van der Waals surface area (Å²) in [6, 6.07) is 8.00. The van der Waals surface area contributed by atoms with E-state index in [1.807, 2.05) is 5.43 Å². The van der Waals surface area contributed by atoms with Crippen LogP contribution in [0.25, 0.3) is 11.1 Å². The molecular formula is C14H14ClN3O4. The van der Waals surface area contributed by atoms with Gasteiger partial charge in [-0.05, 0) is 23.8 Å². The van der Waals surface area contributed by atoms with Crippen molar-refractivity contribution in [2.45, 2.75) is 0 Å². The first-order chi connectivity index (χ1) is 9.97. The quantitative estimate of drug-likeness (QED) is 0.436. The first-order valence-electron chi connectivity index (χ1n) is 5.91. The van der Waals surface area contributed by atoms with Crippen molar-refractivity contribution in [3.63, 3.8) is 0 Å². The number of nitrogens with zero attached hydrogens (tertiary/aromatic N) is 1. The fraction of sp³-hybridized carbons (Fsp3) is 0. The molecule has 0 heterocycles. The van der Waals surface area contributed by atoms with Crippen molar-refractivity contribution in [2.75, 3.05) is 0 Å². The number of amides is 2. The van der Waals surface area contributed by atoms with Gasteiger partial charge in [0.05, 0.1) is 6.21 Å². The van der Waals surface area contributed by atoms with Crippen molar-refractivity contribution in [1.29, 1.82) is 0 Å². The molecule has 0 fully saturated rings. The Bertz CT molecular complexity index is 702. The lowest BCUT2D eigenvalue weighted by atomic mass is 10.0. The highest BCUT2D eigenvalue weighted by Crippen LogP contribution is 2.34. The zero-order chi connectivity index (χ0) is 15.4. The predicted molar refractivity (Wildman–Crippen MR) is 84.4 cm³/mol. The molecule has 2 aromatic rings. The Morgan fingerprint density at radius 2 is 1.73 bits per heavy atom. The topological polar surface area (TPSA) is 128 Å². The summed E-state index contributed by atoms with van der Waals surface area (Å²) in [4.78, 5) is 10.5. The van der Waals surface area contributed by atoms with E-state index < -0.39 is 6.03 Å². The van der Waals surface area contributed by atoms with Crippen LogP contribution in [0.2, 0.25) is 0 Å². The van der Waals surface area contributed by atoms with Gasteiger partial charge in [0, 0.05) is 17.2 Å². The van der Waals surface area contributed by atoms with Crippen LogP contribution in [-0.4, -0.2) is 27.6 Å². The van der Waals surface area contributed by atoms with Crippen LogP contribution in [0.5, 0.6) is 17.2 Å². The van der Waals surface area contributed by atoms with Gasteiger partial charge in [-0.3, -0.25) is 0 Å². The van der Waals surface area contributed by atoms with Crippen LogP contribution >= 0.6 is 12.4 Å². The molecule has 0 aromatic heterocycles. The van der Waals surface area contributed by atoms with Gasteiger partial charge in [-0.2, -0.15) is 5.10 Å². The maximum absolute atomic E-state index is 10.5. The number of hydrogen-bond donors (Lipinski definition) is 5. The van der Waals surface area contributed by atoms with Crippen molar-refractivity contribution >= 4 is 24.7 Å². The van der Waals surface area contributed by atoms with Crippen molar-refractivity contribution < 1.29 is 20.1 Å². The molecule has 116 valence electrons. The van der Waals surface area contributed by atoms with Gasteiger partial charge in [-0.25, -0.2) is 10.2 Å². The van der Waals surface area contributed by atoms with E-state index in [1.54, 1.807) is 12.1 Å². The van der Waals surface area contributed by atoms with Gasteiger partial charge >= 0.3 is 6.03 Å². The lowest BCUT2D eigenvalue weighted by Gasteiger charge is -2.08. The molecule has 0 unspecified atom stereocenters. The molecule has 0 radical (unpaired) electrons. The highest BCUT2D eigenvalue weighted by atomic mass is 35.5. The summed E-state index contributed by atoms with van der Waals surface area (Å²) in [6.45, 7) is 0. The number of primary amides is 1. The molecule has 6 N–H and O–H groups in total. The monoisotopic (exact) mass is 323 g/mol. The molecule has 0 saturated heterocycles. The SMILES string of the molecule is Cl.NC(=O)NN=Cc1cc(-c2ccc(O)cc2)c(O)cc1O. The first kappa shape index (κ1) is 17.1. The molecule has 2 aromatic carbocycles. The lowest BCUT2D eigenvalue weighted by Crippen LogP contribution is -2.24. The number of urea groups is 1. The minimum Gasteiger partial charge on any atom is -0.508 e. The third-order valence-corrected chi connectivity index (χ3v) is 2.70. The van der Waals surface area contributed by atoms with Crippen LogP contribution in [0.1, 0.15) is 5.56 Å². The van der Waals surface area contributed by atoms with Gasteiger partial charge < -0.3 is 21.1 Å². The van der Waals surface area contributed by atoms with E-state index in [2.05, 4.69) is 5.10 Å². The third kappa shape index (κ3) is 4.03. The number of nitrogens with one attached hydrogen (secondary N) is 1. The average Bonchev–Trinajstić information content (AvgIpc) is 2.42. The number of carbonyl (C=O) groups is 1. The van der Waals surface area contributed by atoms with Crippen LogP contribution in [0.4, 0.5) is 4.79 Å². The predicted octanol–water partition coefficient (Wildman–Crippen LogP) is 1.89. The Labute approximate surface area is 132 Å². The molecule has 0 spiro atoms. The number of phenols is 3. The molecule has 0 aliphatic heterocycles. The summed E-state index contributed by atoms with van der Waals surface area (Å²) >= 11 is 0. The van der Waals surface area contributed by atoms with Crippen molar-refractivity contribution in [3.8, 4) is 28.4 Å². The second kappa shape index (κ2) is 7.19. The number of nitrogens with two attached hydrogens (primary N) is 1. The van der Waals surface area contributed by atoms with Gasteiger partial charge in [0.25, 0.3) is 0 Å². The fourth-order valence-corrected chi connectivity index (χ4v) is 1.74. The summed E-state index contributed by atoms with van der Waals surface area (Å²) in [5.74, 6) is -0.229. The largest absolute Gasteiger partial charge is 0.508 e. The van der Waals surface area contributed by atoms with Crippen molar-refractivity contribution in [3.05, 3.63) is 42.0 Å². The van der Waals surface area contributed by atoms with E-state index >= 15 is 0 Å². The first-order valence-corrected chi connectivity index (χ1v) is 5.91. The van der Waals surface area contributed by atoms with E-state index in [-0.39, 0.29) is 35.2 Å². The van der Waals surface area contributed by atoms with Gasteiger partial charge in [0.15, 0.2) is 0 Å². The number of carbonyl (C=O) groups excluding carboxylic acids is 1. The smallest absolute Gasteiger partial charge is 0.332 e. The van der Waals surface area contributed by atoms with Gasteiger partial charge in [-0.15, -0.1) is 12.4 Å². The molecule has 0 bridgehead atoms. The Kier molecular flexibility index (Phi) is 5.59. The number of benzene rings is 2. The number of hydrazone groups is 1. The zero-order valence-corrected chi connectivity index (χ0v) is 12.0. The Hall–Kier alpha value is -2.93. The number of aromatic hydroxyl groups is 3. The molecule has 0 aliphatic rings. The lowest BCUT2D eigenvalue weighted by molar-refractivity contribution is 0.249. The summed E-state index contributed by atoms with van der Waals surface area (Å²) in [5, 5.41) is 32.4. The molecule has 2 rings (SSSR count). The minimum atomic E-state index is -0.830. The minimum absolute atomic E-state index is 0. The van der Waals surface area contributed by atoms with E-state index in [1.165, 1.54) is 24.4 Å². The Balaban J connectivity index is 0.00000242. The average molecular weight is 324 g/mol. The maximum Gasteiger partial charge on any atom is 0.332 e. The van der Waals surface area contributed by atoms with Crippen LogP contribution in [-0.2, 0) is 0 Å². The van der Waals surface area contributed by atoms with Crippen LogP contribution in [0.15, 0.2) is 41.5 Å². The second-order valence-corrected chi connectivity index (χ2v) is 4.21.